The van der Waals surface area contributed by atoms with Crippen molar-refractivity contribution >= 4 is 27.5 Å². The Morgan fingerprint density at radius 1 is 1.00 bits per heavy atom. The summed E-state index contributed by atoms with van der Waals surface area (Å²) < 4.78 is 25.9. The molecule has 186 valence electrons. The fourth-order valence-corrected chi connectivity index (χ4v) is 5.73. The van der Waals surface area contributed by atoms with Gasteiger partial charge in [-0.2, -0.15) is 0 Å². The lowest BCUT2D eigenvalue weighted by molar-refractivity contribution is -0.904. The molecular formula is C26H32N3O5S+. The number of aliphatic hydroxyl groups excluding tert-OH is 1. The first-order chi connectivity index (χ1) is 16.7. The Morgan fingerprint density at radius 2 is 1.63 bits per heavy atom. The van der Waals surface area contributed by atoms with Crippen molar-refractivity contribution < 1.29 is 28.0 Å². The second kappa shape index (κ2) is 10.3. The zero-order valence-corrected chi connectivity index (χ0v) is 20.9. The predicted molar refractivity (Wildman–Crippen MR) is 132 cm³/mol. The molecule has 0 aliphatic carbocycles. The summed E-state index contributed by atoms with van der Waals surface area (Å²) in [6.45, 7) is 3.27. The first-order valence-electron chi connectivity index (χ1n) is 11.9. The molecule has 1 unspecified atom stereocenters. The highest BCUT2D eigenvalue weighted by Crippen LogP contribution is 2.39. The van der Waals surface area contributed by atoms with Crippen LogP contribution in [-0.2, 0) is 19.6 Å². The molecule has 2 N–H and O–H groups in total. The molecule has 0 saturated carbocycles. The molecule has 1 amide bonds. The minimum atomic E-state index is -3.63. The molecule has 8 nitrogen and oxygen atoms in total. The lowest BCUT2D eigenvalue weighted by Crippen LogP contribution is -3.13. The third kappa shape index (κ3) is 5.03. The van der Waals surface area contributed by atoms with Crippen LogP contribution in [0.2, 0.25) is 0 Å². The molecule has 2 fully saturated rings. The van der Waals surface area contributed by atoms with Crippen LogP contribution in [-0.4, -0.2) is 74.7 Å². The molecule has 0 bridgehead atoms. The number of Topliss-reactive ketones (excluding diaryl/α,β-unsaturated/α-hetero) is 1. The number of ketones is 1. The van der Waals surface area contributed by atoms with E-state index in [4.69, 9.17) is 0 Å². The van der Waals surface area contributed by atoms with E-state index < -0.39 is 27.8 Å². The minimum absolute atomic E-state index is 0.0260. The van der Waals surface area contributed by atoms with Gasteiger partial charge in [0.25, 0.3) is 11.7 Å². The summed E-state index contributed by atoms with van der Waals surface area (Å²) in [5, 5.41) is 11.2. The van der Waals surface area contributed by atoms with Gasteiger partial charge >= 0.3 is 0 Å². The minimum Gasteiger partial charge on any atom is -0.507 e. The van der Waals surface area contributed by atoms with E-state index in [1.807, 2.05) is 30.3 Å². The number of benzene rings is 2. The zero-order chi connectivity index (χ0) is 25.2. The van der Waals surface area contributed by atoms with Gasteiger partial charge < -0.3 is 14.9 Å². The van der Waals surface area contributed by atoms with Crippen molar-refractivity contribution in [2.45, 2.75) is 30.2 Å². The molecule has 0 aromatic heterocycles. The summed E-state index contributed by atoms with van der Waals surface area (Å²) in [4.78, 5) is 29.3. The molecule has 2 aromatic carbocycles. The number of hydrogen-bond donors (Lipinski definition) is 2. The van der Waals surface area contributed by atoms with Gasteiger partial charge in [-0.3, -0.25) is 9.59 Å². The maximum atomic E-state index is 13.2. The van der Waals surface area contributed by atoms with Crippen LogP contribution in [0.5, 0.6) is 0 Å². The maximum Gasteiger partial charge on any atom is 0.295 e. The molecule has 2 heterocycles. The molecule has 4 rings (SSSR count). The summed E-state index contributed by atoms with van der Waals surface area (Å²) in [5.41, 5.74) is 1.05. The number of amides is 1. The van der Waals surface area contributed by atoms with E-state index in [-0.39, 0.29) is 21.8 Å². The number of aliphatic hydroxyl groups is 1. The maximum absolute atomic E-state index is 13.2. The van der Waals surface area contributed by atoms with Crippen LogP contribution in [0.25, 0.3) is 5.76 Å². The number of nitrogens with zero attached hydrogens (tertiary/aromatic N) is 2. The fourth-order valence-electron chi connectivity index (χ4n) is 4.82. The van der Waals surface area contributed by atoms with E-state index in [0.717, 1.165) is 42.3 Å². The summed E-state index contributed by atoms with van der Waals surface area (Å²) in [6.07, 6.45) is 3.55. The first kappa shape index (κ1) is 25.1. The quantitative estimate of drug-likeness (QED) is 0.342. The van der Waals surface area contributed by atoms with Crippen LogP contribution in [0.4, 0.5) is 0 Å². The second-order valence-electron chi connectivity index (χ2n) is 9.28. The van der Waals surface area contributed by atoms with Crippen LogP contribution < -0.4 is 4.90 Å². The molecule has 2 aliphatic rings. The highest BCUT2D eigenvalue weighted by Gasteiger charge is 2.46. The van der Waals surface area contributed by atoms with E-state index in [2.05, 4.69) is 0 Å². The van der Waals surface area contributed by atoms with E-state index in [1.54, 1.807) is 4.90 Å². The second-order valence-corrected chi connectivity index (χ2v) is 11.4. The molecule has 0 radical (unpaired) electrons. The van der Waals surface area contributed by atoms with E-state index in [9.17, 15) is 23.1 Å². The van der Waals surface area contributed by atoms with Crippen LogP contribution in [0.1, 0.15) is 36.4 Å². The lowest BCUT2D eigenvalue weighted by atomic mass is 9.95. The number of carbonyl (C=O) groups excluding carboxylic acids is 2. The van der Waals surface area contributed by atoms with Gasteiger partial charge in [-0.25, -0.2) is 12.7 Å². The number of sulfonamides is 1. The third-order valence-electron chi connectivity index (χ3n) is 6.83. The Hall–Kier alpha value is -3.01. The van der Waals surface area contributed by atoms with Crippen molar-refractivity contribution in [3.8, 4) is 0 Å². The molecule has 0 spiro atoms. The number of likely N-dealkylation sites (tertiary alicyclic amines) is 2. The van der Waals surface area contributed by atoms with Crippen LogP contribution >= 0.6 is 0 Å². The number of carbonyl (C=O) groups is 2. The molecule has 2 aromatic rings. The van der Waals surface area contributed by atoms with Crippen molar-refractivity contribution in [2.75, 3.05) is 40.3 Å². The average Bonchev–Trinajstić information content (AvgIpc) is 3.13. The summed E-state index contributed by atoms with van der Waals surface area (Å²) in [6, 6.07) is 14.2. The third-order valence-corrected chi connectivity index (χ3v) is 8.66. The van der Waals surface area contributed by atoms with Gasteiger partial charge in [0, 0.05) is 19.7 Å². The Labute approximate surface area is 206 Å². The van der Waals surface area contributed by atoms with E-state index in [1.165, 1.54) is 49.7 Å². The van der Waals surface area contributed by atoms with Gasteiger partial charge in [0.2, 0.25) is 10.0 Å². The number of nitrogens with one attached hydrogen (secondary N) is 1. The number of quaternary nitrogens is 1. The molecule has 2 saturated heterocycles. The van der Waals surface area contributed by atoms with Gasteiger partial charge in [-0.05, 0) is 49.1 Å². The van der Waals surface area contributed by atoms with Crippen molar-refractivity contribution in [3.63, 3.8) is 0 Å². The molecule has 35 heavy (non-hydrogen) atoms. The smallest absolute Gasteiger partial charge is 0.295 e. The molecular weight excluding hydrogens is 466 g/mol. The summed E-state index contributed by atoms with van der Waals surface area (Å²) in [5.74, 6) is -1.66. The molecule has 9 heteroatoms. The highest BCUT2D eigenvalue weighted by atomic mass is 32.2. The standard InChI is InChI=1S/C26H31N3O5S/c1-27(2)35(33,34)21-13-11-20(12-14-21)24(30)22-23(19-9-5-3-6-10-19)29(26(32)25(22)31)18-17-28-15-7-4-8-16-28/h3,5-6,9-14,23,30H,4,7-8,15-18H2,1-2H3/p+1. The van der Waals surface area contributed by atoms with Crippen molar-refractivity contribution in [3.05, 3.63) is 71.3 Å². The van der Waals surface area contributed by atoms with E-state index in [0.29, 0.717) is 6.54 Å². The Balaban J connectivity index is 1.71. The largest absolute Gasteiger partial charge is 0.507 e. The summed E-state index contributed by atoms with van der Waals surface area (Å²) in [7, 11) is -0.753. The average molecular weight is 499 g/mol. The highest BCUT2D eigenvalue weighted by molar-refractivity contribution is 7.89. The Bertz CT molecular complexity index is 1220. The zero-order valence-electron chi connectivity index (χ0n) is 20.1. The van der Waals surface area contributed by atoms with E-state index >= 15 is 0 Å². The normalized spacial score (nSPS) is 21.1. The molecule has 1 atom stereocenters. The van der Waals surface area contributed by atoms with Crippen LogP contribution in [0.15, 0.2) is 65.1 Å². The Kier molecular flexibility index (Phi) is 7.39. The van der Waals surface area contributed by atoms with Gasteiger partial charge in [0.1, 0.15) is 5.76 Å². The topological polar surface area (TPSA) is 99.4 Å². The van der Waals surface area contributed by atoms with Crippen molar-refractivity contribution in [1.29, 1.82) is 0 Å². The predicted octanol–water partition coefficient (Wildman–Crippen LogP) is 1.43. The fraction of sp³-hybridized carbons (Fsp3) is 0.385. The number of hydrogen-bond acceptors (Lipinski definition) is 5. The Morgan fingerprint density at radius 3 is 2.23 bits per heavy atom. The number of piperidine rings is 1. The monoisotopic (exact) mass is 498 g/mol. The van der Waals surface area contributed by atoms with Crippen molar-refractivity contribution in [1.82, 2.24) is 9.21 Å². The van der Waals surface area contributed by atoms with Crippen LogP contribution in [0.3, 0.4) is 0 Å². The van der Waals surface area contributed by atoms with Gasteiger partial charge in [0.15, 0.2) is 0 Å². The van der Waals surface area contributed by atoms with Crippen LogP contribution in [0, 0.1) is 0 Å². The summed E-state index contributed by atoms with van der Waals surface area (Å²) >= 11 is 0. The first-order valence-corrected chi connectivity index (χ1v) is 13.4. The van der Waals surface area contributed by atoms with Gasteiger partial charge in [-0.15, -0.1) is 0 Å². The van der Waals surface area contributed by atoms with Crippen molar-refractivity contribution in [2.24, 2.45) is 0 Å². The number of rotatable bonds is 7. The lowest BCUT2D eigenvalue weighted by Gasteiger charge is -2.29. The van der Waals surface area contributed by atoms with Gasteiger partial charge in [-0.1, -0.05) is 30.3 Å². The molecule has 2 aliphatic heterocycles. The van der Waals surface area contributed by atoms with Gasteiger partial charge in [0.05, 0.1) is 42.7 Å². The SMILES string of the molecule is CN(C)S(=O)(=O)c1ccc(C(O)=C2C(=O)C(=O)N(CC[NH+]3CCCCC3)C2c2ccccc2)cc1.